The van der Waals surface area contributed by atoms with E-state index < -0.39 is 10.0 Å². The second-order valence-electron chi connectivity index (χ2n) is 11.3. The van der Waals surface area contributed by atoms with Gasteiger partial charge in [0.2, 0.25) is 0 Å². The molecule has 0 N–H and O–H groups in total. The van der Waals surface area contributed by atoms with Crippen LogP contribution in [0.25, 0.3) is 6.08 Å². The van der Waals surface area contributed by atoms with Gasteiger partial charge in [0.15, 0.2) is 6.29 Å². The lowest BCUT2D eigenvalue weighted by atomic mass is 10.1. The molecule has 0 spiro atoms. The molecule has 1 unspecified atom stereocenters. The quantitative estimate of drug-likeness (QED) is 0.135. The number of fused-ring (bicyclic) bond motifs is 1. The number of ether oxygens (including phenoxy) is 4. The minimum atomic E-state index is -1.61. The highest BCUT2D eigenvalue weighted by atomic mass is 32.3. The maximum Gasteiger partial charge on any atom is 0.184 e. The van der Waals surface area contributed by atoms with Crippen molar-refractivity contribution >= 4 is 43.8 Å². The van der Waals surface area contributed by atoms with Crippen LogP contribution in [0.4, 0.5) is 16.4 Å². The van der Waals surface area contributed by atoms with E-state index >= 15 is 0 Å². The first-order valence-electron chi connectivity index (χ1n) is 18.7. The van der Waals surface area contributed by atoms with Gasteiger partial charge in [0, 0.05) is 50.2 Å². The van der Waals surface area contributed by atoms with Crippen molar-refractivity contribution in [3.63, 3.8) is 0 Å². The van der Waals surface area contributed by atoms with Gasteiger partial charge >= 0.3 is 0 Å². The zero-order valence-electron chi connectivity index (χ0n) is 32.4. The van der Waals surface area contributed by atoms with Gasteiger partial charge in [0.05, 0.1) is 19.8 Å². The second kappa shape index (κ2) is 20.5. The molecule has 0 bridgehead atoms. The maximum absolute atomic E-state index is 6.00. The van der Waals surface area contributed by atoms with Crippen LogP contribution in [0.3, 0.4) is 0 Å². The summed E-state index contributed by atoms with van der Waals surface area (Å²) in [6.45, 7) is 18.7. The molecule has 52 heavy (non-hydrogen) atoms. The lowest BCUT2D eigenvalue weighted by Crippen LogP contribution is -2.12. The Morgan fingerprint density at radius 3 is 1.90 bits per heavy atom. The summed E-state index contributed by atoms with van der Waals surface area (Å²) in [6.07, 6.45) is 1.95. The monoisotopic (exact) mass is 739 g/mol. The van der Waals surface area contributed by atoms with E-state index in [9.17, 15) is 0 Å². The van der Waals surface area contributed by atoms with E-state index in [0.717, 1.165) is 27.5 Å². The highest BCUT2D eigenvalue weighted by Gasteiger charge is 2.40. The van der Waals surface area contributed by atoms with Crippen LogP contribution in [0.5, 0.6) is 0 Å². The molecule has 5 aromatic rings. The Labute approximate surface area is 318 Å². The standard InChI is InChI=1S/C39H39NO4S2.3C2H6/c1-4-42-35(27-41-3)29-18-20-31(21-19-29)40(32-13-11-12-30(25-32)39-43-22-23-44-39)38-26-37-36(45-38)24-28(2)46(37,33-14-7-5-8-15-33)34-16-9-6-10-17-34;3*1-2/h5-21,24-26,35,39H,4,22-23,27H2,1-3H3;3*1-2H3. The third kappa shape index (κ3) is 8.57. The predicted octanol–water partition coefficient (Wildman–Crippen LogP) is 13.7. The molecule has 278 valence electrons. The molecule has 7 rings (SSSR count). The van der Waals surface area contributed by atoms with Gasteiger partial charge in [-0.15, -0.1) is 21.4 Å². The number of methoxy groups -OCH3 is 1. The maximum atomic E-state index is 6.00. The van der Waals surface area contributed by atoms with E-state index in [4.69, 9.17) is 18.9 Å². The first-order chi connectivity index (χ1) is 25.6. The Morgan fingerprint density at radius 2 is 1.35 bits per heavy atom. The molecule has 0 radical (unpaired) electrons. The van der Waals surface area contributed by atoms with Gasteiger partial charge in [-0.2, -0.15) is 0 Å². The first kappa shape index (κ1) is 41.1. The van der Waals surface area contributed by atoms with E-state index in [-0.39, 0.29) is 12.4 Å². The third-order valence-corrected chi connectivity index (χ3v) is 13.7. The molecule has 3 heterocycles. The van der Waals surface area contributed by atoms with E-state index in [1.54, 1.807) is 7.11 Å². The Bertz CT molecular complexity index is 1750. The molecule has 1 atom stereocenters. The highest BCUT2D eigenvalue weighted by molar-refractivity contribution is 8.37. The number of rotatable bonds is 11. The summed E-state index contributed by atoms with van der Waals surface area (Å²) >= 11 is 1.84. The largest absolute Gasteiger partial charge is 0.382 e. The van der Waals surface area contributed by atoms with Crippen molar-refractivity contribution in [1.82, 2.24) is 0 Å². The Hall–Kier alpha value is -3.69. The summed E-state index contributed by atoms with van der Waals surface area (Å²) in [5.74, 6) is 0. The smallest absolute Gasteiger partial charge is 0.184 e. The molecule has 2 aliphatic rings. The SMILES string of the molecule is CC.CC.CC.CCOC(COC)c1ccc(N(c2cccc(C3OCCO3)c2)c2cc3c(s2)C=C(C)S3(c2ccccc2)c2ccccc2)cc1. The number of hydrogen-bond acceptors (Lipinski definition) is 6. The average Bonchev–Trinajstić information content (AvgIpc) is 3.96. The molecule has 0 saturated carbocycles. The summed E-state index contributed by atoms with van der Waals surface area (Å²) in [6, 6.07) is 41.7. The molecule has 2 aliphatic heterocycles. The van der Waals surface area contributed by atoms with Crippen molar-refractivity contribution in [2.75, 3.05) is 38.4 Å². The Kier molecular flexibility index (Phi) is 16.2. The van der Waals surface area contributed by atoms with Gasteiger partial charge in [-0.3, -0.25) is 0 Å². The molecule has 4 aromatic carbocycles. The fourth-order valence-corrected chi connectivity index (χ4v) is 12.2. The van der Waals surface area contributed by atoms with Crippen LogP contribution >= 0.6 is 21.4 Å². The summed E-state index contributed by atoms with van der Waals surface area (Å²) < 4.78 is 23.2. The molecule has 5 nitrogen and oxygen atoms in total. The van der Waals surface area contributed by atoms with Crippen LogP contribution in [0.1, 0.15) is 83.8 Å². The predicted molar refractivity (Wildman–Crippen MR) is 223 cm³/mol. The van der Waals surface area contributed by atoms with E-state index in [2.05, 4.69) is 133 Å². The molecule has 1 fully saturated rings. The minimum absolute atomic E-state index is 0.114. The van der Waals surface area contributed by atoms with Gasteiger partial charge in [0.25, 0.3) is 0 Å². The van der Waals surface area contributed by atoms with Gasteiger partial charge in [-0.1, -0.05) is 102 Å². The molecule has 0 aliphatic carbocycles. The van der Waals surface area contributed by atoms with Crippen molar-refractivity contribution < 1.29 is 18.9 Å². The van der Waals surface area contributed by atoms with Crippen LogP contribution in [0.15, 0.2) is 135 Å². The Morgan fingerprint density at radius 1 is 0.750 bits per heavy atom. The van der Waals surface area contributed by atoms with E-state index in [0.29, 0.717) is 26.4 Å². The number of thiophene rings is 1. The van der Waals surface area contributed by atoms with Gasteiger partial charge in [-0.25, -0.2) is 0 Å². The fourth-order valence-electron chi connectivity index (χ4n) is 6.48. The van der Waals surface area contributed by atoms with Crippen LogP contribution in [0.2, 0.25) is 0 Å². The molecular weight excluding hydrogens is 683 g/mol. The zero-order chi connectivity index (χ0) is 37.5. The summed E-state index contributed by atoms with van der Waals surface area (Å²) in [5.41, 5.74) is 4.24. The van der Waals surface area contributed by atoms with Crippen LogP contribution in [0, 0.1) is 0 Å². The topological polar surface area (TPSA) is 40.2 Å². The van der Waals surface area contributed by atoms with Crippen molar-refractivity contribution in [2.24, 2.45) is 0 Å². The van der Waals surface area contributed by atoms with Crippen LogP contribution in [-0.2, 0) is 18.9 Å². The zero-order valence-corrected chi connectivity index (χ0v) is 34.1. The first-order valence-corrected chi connectivity index (χ1v) is 21.2. The van der Waals surface area contributed by atoms with Crippen molar-refractivity contribution in [1.29, 1.82) is 0 Å². The number of allylic oxidation sites excluding steroid dienone is 1. The Balaban J connectivity index is 0.000000960. The molecule has 7 heteroatoms. The lowest BCUT2D eigenvalue weighted by molar-refractivity contribution is -0.0440. The van der Waals surface area contributed by atoms with Crippen molar-refractivity contribution in [3.05, 3.63) is 136 Å². The number of anilines is 3. The molecule has 1 aromatic heterocycles. The fraction of sp³-hybridized carbons (Fsp3) is 0.333. The number of nitrogens with zero attached hydrogens (tertiary/aromatic N) is 1. The summed E-state index contributed by atoms with van der Waals surface area (Å²) in [5, 5.41) is 1.16. The van der Waals surface area contributed by atoms with E-state index in [1.807, 2.05) is 59.8 Å². The molecule has 0 amide bonds. The van der Waals surface area contributed by atoms with E-state index in [1.165, 1.54) is 24.5 Å². The third-order valence-electron chi connectivity index (χ3n) is 8.50. The number of hydrogen-bond donors (Lipinski definition) is 0. The summed E-state index contributed by atoms with van der Waals surface area (Å²) in [4.78, 5) is 9.18. The number of benzene rings is 4. The van der Waals surface area contributed by atoms with Crippen molar-refractivity contribution in [2.45, 2.75) is 82.5 Å². The highest BCUT2D eigenvalue weighted by Crippen LogP contribution is 2.78. The van der Waals surface area contributed by atoms with Gasteiger partial charge in [0.1, 0.15) is 11.1 Å². The summed E-state index contributed by atoms with van der Waals surface area (Å²) in [7, 11) is 0.103. The van der Waals surface area contributed by atoms with Crippen LogP contribution in [-0.4, -0.2) is 33.5 Å². The molecular formula is C45H57NO4S2. The lowest BCUT2D eigenvalue weighted by Gasteiger charge is -2.39. The second-order valence-corrected chi connectivity index (χ2v) is 15.6. The van der Waals surface area contributed by atoms with Crippen molar-refractivity contribution in [3.8, 4) is 0 Å². The minimum Gasteiger partial charge on any atom is -0.382 e. The average molecular weight is 740 g/mol. The van der Waals surface area contributed by atoms with Gasteiger partial charge in [-0.05, 0) is 85.0 Å². The van der Waals surface area contributed by atoms with Gasteiger partial charge < -0.3 is 23.8 Å². The normalized spacial score (nSPS) is 15.4. The molecule has 1 saturated heterocycles. The van der Waals surface area contributed by atoms with Crippen LogP contribution < -0.4 is 4.90 Å².